The van der Waals surface area contributed by atoms with E-state index in [2.05, 4.69) is 10.6 Å². The summed E-state index contributed by atoms with van der Waals surface area (Å²) >= 11 is 5.86. The SMILES string of the molecule is Cc1cc(Cl)ccc1NC(=O)Nc1cccc(N)c1. The lowest BCUT2D eigenvalue weighted by Crippen LogP contribution is -2.19. The molecular weight excluding hydrogens is 262 g/mol. The molecule has 0 fully saturated rings. The Labute approximate surface area is 116 Å². The van der Waals surface area contributed by atoms with Gasteiger partial charge in [-0.3, -0.25) is 0 Å². The number of halogens is 1. The fraction of sp³-hybridized carbons (Fsp3) is 0.0714. The molecular formula is C14H14ClN3O. The molecule has 0 unspecified atom stereocenters. The van der Waals surface area contributed by atoms with E-state index in [1.807, 2.05) is 6.92 Å². The highest BCUT2D eigenvalue weighted by Crippen LogP contribution is 2.20. The Kier molecular flexibility index (Phi) is 3.92. The maximum atomic E-state index is 11.8. The number of benzene rings is 2. The monoisotopic (exact) mass is 275 g/mol. The van der Waals surface area contributed by atoms with Gasteiger partial charge in [0.1, 0.15) is 0 Å². The van der Waals surface area contributed by atoms with Gasteiger partial charge in [-0.15, -0.1) is 0 Å². The van der Waals surface area contributed by atoms with Crippen LogP contribution in [0.1, 0.15) is 5.56 Å². The number of nitrogens with one attached hydrogen (secondary N) is 2. The Bertz CT molecular complexity index is 613. The molecule has 0 radical (unpaired) electrons. The van der Waals surface area contributed by atoms with Crippen LogP contribution in [0.25, 0.3) is 0 Å². The first-order valence-electron chi connectivity index (χ1n) is 5.74. The van der Waals surface area contributed by atoms with Gasteiger partial charge in [0.15, 0.2) is 0 Å². The van der Waals surface area contributed by atoms with E-state index < -0.39 is 0 Å². The summed E-state index contributed by atoms with van der Waals surface area (Å²) in [5, 5.41) is 6.10. The number of hydrogen-bond acceptors (Lipinski definition) is 2. The van der Waals surface area contributed by atoms with Crippen molar-refractivity contribution in [2.45, 2.75) is 6.92 Å². The molecule has 98 valence electrons. The smallest absolute Gasteiger partial charge is 0.323 e. The van der Waals surface area contributed by atoms with Crippen molar-refractivity contribution in [3.63, 3.8) is 0 Å². The van der Waals surface area contributed by atoms with Crippen molar-refractivity contribution in [2.75, 3.05) is 16.4 Å². The Balaban J connectivity index is 2.05. The Morgan fingerprint density at radius 3 is 2.63 bits per heavy atom. The molecule has 0 heterocycles. The molecule has 2 aromatic carbocycles. The zero-order chi connectivity index (χ0) is 13.8. The number of hydrogen-bond donors (Lipinski definition) is 3. The number of urea groups is 1. The fourth-order valence-corrected chi connectivity index (χ4v) is 1.90. The van der Waals surface area contributed by atoms with Crippen LogP contribution < -0.4 is 16.4 Å². The maximum absolute atomic E-state index is 11.8. The van der Waals surface area contributed by atoms with Gasteiger partial charge in [0.05, 0.1) is 0 Å². The number of anilines is 3. The van der Waals surface area contributed by atoms with E-state index in [0.717, 1.165) is 5.56 Å². The minimum Gasteiger partial charge on any atom is -0.399 e. The molecule has 4 nitrogen and oxygen atoms in total. The zero-order valence-electron chi connectivity index (χ0n) is 10.4. The number of amides is 2. The molecule has 0 atom stereocenters. The van der Waals surface area contributed by atoms with Crippen molar-refractivity contribution in [1.82, 2.24) is 0 Å². The van der Waals surface area contributed by atoms with E-state index in [-0.39, 0.29) is 6.03 Å². The summed E-state index contributed by atoms with van der Waals surface area (Å²) in [5.74, 6) is 0. The van der Waals surface area contributed by atoms with Crippen LogP contribution in [0.5, 0.6) is 0 Å². The summed E-state index contributed by atoms with van der Waals surface area (Å²) in [5.41, 5.74) is 8.49. The molecule has 5 heteroatoms. The second kappa shape index (κ2) is 5.63. The fourth-order valence-electron chi connectivity index (χ4n) is 1.67. The first kappa shape index (κ1) is 13.2. The quantitative estimate of drug-likeness (QED) is 0.728. The van der Waals surface area contributed by atoms with Crippen LogP contribution in [0, 0.1) is 6.92 Å². The van der Waals surface area contributed by atoms with E-state index in [9.17, 15) is 4.79 Å². The molecule has 0 saturated carbocycles. The van der Waals surface area contributed by atoms with Gasteiger partial charge in [-0.05, 0) is 48.9 Å². The van der Waals surface area contributed by atoms with Gasteiger partial charge in [-0.2, -0.15) is 0 Å². The molecule has 0 spiro atoms. The number of aryl methyl sites for hydroxylation is 1. The molecule has 2 amide bonds. The third-order valence-electron chi connectivity index (χ3n) is 2.58. The van der Waals surface area contributed by atoms with E-state index in [0.29, 0.717) is 22.1 Å². The van der Waals surface area contributed by atoms with Crippen molar-refractivity contribution in [3.05, 3.63) is 53.1 Å². The van der Waals surface area contributed by atoms with Crippen LogP contribution >= 0.6 is 11.6 Å². The lowest BCUT2D eigenvalue weighted by atomic mass is 10.2. The second-order valence-electron chi connectivity index (χ2n) is 4.16. The summed E-state index contributed by atoms with van der Waals surface area (Å²) in [7, 11) is 0. The van der Waals surface area contributed by atoms with Crippen LogP contribution in [-0.4, -0.2) is 6.03 Å². The first-order chi connectivity index (χ1) is 9.04. The number of carbonyl (C=O) groups excluding carboxylic acids is 1. The van der Waals surface area contributed by atoms with Gasteiger partial charge in [-0.25, -0.2) is 4.79 Å². The van der Waals surface area contributed by atoms with Crippen molar-refractivity contribution in [2.24, 2.45) is 0 Å². The number of nitrogen functional groups attached to an aromatic ring is 1. The Morgan fingerprint density at radius 1 is 1.16 bits per heavy atom. The third-order valence-corrected chi connectivity index (χ3v) is 2.82. The van der Waals surface area contributed by atoms with E-state index >= 15 is 0 Å². The third kappa shape index (κ3) is 3.63. The van der Waals surface area contributed by atoms with Gasteiger partial charge in [0.25, 0.3) is 0 Å². The number of carbonyl (C=O) groups is 1. The molecule has 19 heavy (non-hydrogen) atoms. The van der Waals surface area contributed by atoms with Gasteiger partial charge >= 0.3 is 6.03 Å². The summed E-state index contributed by atoms with van der Waals surface area (Å²) in [6, 6.07) is 11.9. The Hall–Kier alpha value is -2.20. The molecule has 2 rings (SSSR count). The van der Waals surface area contributed by atoms with Gasteiger partial charge in [-0.1, -0.05) is 17.7 Å². The van der Waals surface area contributed by atoms with Crippen LogP contribution in [0.2, 0.25) is 5.02 Å². The second-order valence-corrected chi connectivity index (χ2v) is 4.60. The summed E-state index contributed by atoms with van der Waals surface area (Å²) in [4.78, 5) is 11.8. The number of rotatable bonds is 2. The summed E-state index contributed by atoms with van der Waals surface area (Å²) in [6.07, 6.45) is 0. The van der Waals surface area contributed by atoms with Crippen LogP contribution in [-0.2, 0) is 0 Å². The van der Waals surface area contributed by atoms with Gasteiger partial charge < -0.3 is 16.4 Å². The molecule has 0 aromatic heterocycles. The van der Waals surface area contributed by atoms with Crippen molar-refractivity contribution >= 4 is 34.7 Å². The molecule has 0 bridgehead atoms. The van der Waals surface area contributed by atoms with Crippen molar-refractivity contribution in [3.8, 4) is 0 Å². The van der Waals surface area contributed by atoms with Gasteiger partial charge in [0.2, 0.25) is 0 Å². The van der Waals surface area contributed by atoms with E-state index in [1.165, 1.54) is 0 Å². The van der Waals surface area contributed by atoms with Gasteiger partial charge in [0, 0.05) is 22.1 Å². The highest BCUT2D eigenvalue weighted by Gasteiger charge is 2.05. The topological polar surface area (TPSA) is 67.2 Å². The standard InChI is InChI=1S/C14H14ClN3O/c1-9-7-10(15)5-6-13(9)18-14(19)17-12-4-2-3-11(16)8-12/h2-8H,16H2,1H3,(H2,17,18,19). The lowest BCUT2D eigenvalue weighted by molar-refractivity contribution is 0.262. The van der Waals surface area contributed by atoms with Crippen LogP contribution in [0.15, 0.2) is 42.5 Å². The zero-order valence-corrected chi connectivity index (χ0v) is 11.2. The minimum atomic E-state index is -0.323. The molecule has 0 aliphatic carbocycles. The predicted octanol–water partition coefficient (Wildman–Crippen LogP) is 3.87. The largest absolute Gasteiger partial charge is 0.399 e. The molecule has 0 aliphatic rings. The van der Waals surface area contributed by atoms with E-state index in [4.69, 9.17) is 17.3 Å². The highest BCUT2D eigenvalue weighted by molar-refractivity contribution is 6.30. The average Bonchev–Trinajstić information content (AvgIpc) is 2.33. The first-order valence-corrected chi connectivity index (χ1v) is 6.12. The molecule has 0 aliphatic heterocycles. The summed E-state index contributed by atoms with van der Waals surface area (Å²) < 4.78 is 0. The number of nitrogens with two attached hydrogens (primary N) is 1. The minimum absolute atomic E-state index is 0.323. The molecule has 2 aromatic rings. The lowest BCUT2D eigenvalue weighted by Gasteiger charge is -2.10. The summed E-state index contributed by atoms with van der Waals surface area (Å²) in [6.45, 7) is 1.88. The molecule has 0 saturated heterocycles. The maximum Gasteiger partial charge on any atom is 0.323 e. The predicted molar refractivity (Wildman–Crippen MR) is 79.7 cm³/mol. The Morgan fingerprint density at radius 2 is 1.95 bits per heavy atom. The normalized spacial score (nSPS) is 10.0. The van der Waals surface area contributed by atoms with Crippen molar-refractivity contribution < 1.29 is 4.79 Å². The molecule has 4 N–H and O–H groups in total. The van der Waals surface area contributed by atoms with E-state index in [1.54, 1.807) is 42.5 Å². The van der Waals surface area contributed by atoms with Crippen molar-refractivity contribution in [1.29, 1.82) is 0 Å². The van der Waals surface area contributed by atoms with Crippen LogP contribution in [0.4, 0.5) is 21.9 Å². The van der Waals surface area contributed by atoms with Crippen LogP contribution in [0.3, 0.4) is 0 Å². The highest BCUT2D eigenvalue weighted by atomic mass is 35.5. The average molecular weight is 276 g/mol.